The van der Waals surface area contributed by atoms with Gasteiger partial charge in [0.25, 0.3) is 0 Å². The molecule has 4 heteroatoms. The molecule has 5 rings (SSSR count). The fraction of sp³-hybridized carbons (Fsp3) is 0.700. The third-order valence-corrected chi connectivity index (χ3v) is 11.8. The maximum atomic E-state index is 14.3. The predicted molar refractivity (Wildman–Crippen MR) is 133 cm³/mol. The van der Waals surface area contributed by atoms with E-state index in [1.807, 2.05) is 13.8 Å². The minimum Gasteiger partial charge on any atom is -0.504 e. The highest BCUT2D eigenvalue weighted by molar-refractivity contribution is 5.75. The summed E-state index contributed by atoms with van der Waals surface area (Å²) in [7, 11) is 0. The minimum atomic E-state index is -1.13. The van der Waals surface area contributed by atoms with E-state index in [0.717, 1.165) is 61.6 Å². The van der Waals surface area contributed by atoms with Crippen molar-refractivity contribution in [2.45, 2.75) is 105 Å². The number of rotatable bonds is 2. The Morgan fingerprint density at radius 1 is 1.06 bits per heavy atom. The summed E-state index contributed by atoms with van der Waals surface area (Å²) in [6, 6.07) is 0.671. The van der Waals surface area contributed by atoms with Crippen LogP contribution in [0.4, 0.5) is 4.39 Å². The summed E-state index contributed by atoms with van der Waals surface area (Å²) in [5.41, 5.74) is 3.61. The summed E-state index contributed by atoms with van der Waals surface area (Å²) in [4.78, 5) is 12.1. The van der Waals surface area contributed by atoms with Crippen LogP contribution in [0.15, 0.2) is 17.7 Å². The molecule has 0 spiro atoms. The number of fused-ring (bicyclic) bond motifs is 7. The Morgan fingerprint density at radius 3 is 2.38 bits per heavy atom. The third kappa shape index (κ3) is 2.72. The standard InChI is InChI=1S/C30H41FO3/c1-7-30-15-13-28(5)20-16-21(32)24(33)18(2)19(20)8-9-22(28)29(30,6)14-12-26(3)10-11-27(4,25(31)34)17-23(26)30/h9,16,23,32-33H,7-8,10-15,17H2,1-6H3/t23-,26-,27-,28+,29-,30+/m1/s1. The van der Waals surface area contributed by atoms with Crippen molar-refractivity contribution in [1.29, 1.82) is 0 Å². The van der Waals surface area contributed by atoms with Gasteiger partial charge < -0.3 is 10.2 Å². The number of carbonyl (C=O) groups is 1. The van der Waals surface area contributed by atoms with E-state index in [1.165, 1.54) is 5.57 Å². The van der Waals surface area contributed by atoms with E-state index >= 15 is 0 Å². The number of aromatic hydroxyl groups is 2. The quantitative estimate of drug-likeness (QED) is 0.269. The fourth-order valence-electron chi connectivity index (χ4n) is 9.45. The Morgan fingerprint density at radius 2 is 1.74 bits per heavy atom. The largest absolute Gasteiger partial charge is 0.504 e. The first-order valence-electron chi connectivity index (χ1n) is 13.2. The summed E-state index contributed by atoms with van der Waals surface area (Å²) in [6.45, 7) is 13.2. The van der Waals surface area contributed by atoms with E-state index in [9.17, 15) is 19.4 Å². The van der Waals surface area contributed by atoms with Gasteiger partial charge >= 0.3 is 6.04 Å². The Balaban J connectivity index is 1.66. The maximum absolute atomic E-state index is 14.3. The Kier molecular flexibility index (Phi) is 4.99. The van der Waals surface area contributed by atoms with Gasteiger partial charge in [-0.05, 0) is 117 Å². The van der Waals surface area contributed by atoms with Crippen LogP contribution < -0.4 is 0 Å². The van der Waals surface area contributed by atoms with Crippen LogP contribution in [0.5, 0.6) is 11.5 Å². The van der Waals surface area contributed by atoms with E-state index < -0.39 is 11.5 Å². The van der Waals surface area contributed by atoms with Crippen molar-refractivity contribution in [1.82, 2.24) is 0 Å². The molecule has 0 radical (unpaired) electrons. The van der Waals surface area contributed by atoms with E-state index in [4.69, 9.17) is 0 Å². The lowest BCUT2D eigenvalue weighted by Crippen LogP contribution is -2.63. The molecule has 0 bridgehead atoms. The number of halogens is 1. The molecule has 3 fully saturated rings. The number of benzene rings is 1. The molecular formula is C30H41FO3. The zero-order chi connectivity index (χ0) is 24.9. The van der Waals surface area contributed by atoms with Crippen LogP contribution in [-0.2, 0) is 16.6 Å². The van der Waals surface area contributed by atoms with Crippen molar-refractivity contribution < 1.29 is 19.4 Å². The second kappa shape index (κ2) is 7.11. The first kappa shape index (κ1) is 23.9. The monoisotopic (exact) mass is 468 g/mol. The van der Waals surface area contributed by atoms with Crippen molar-refractivity contribution in [3.63, 3.8) is 0 Å². The summed E-state index contributed by atoms with van der Waals surface area (Å²) >= 11 is 0. The molecular weight excluding hydrogens is 427 g/mol. The van der Waals surface area contributed by atoms with Gasteiger partial charge in [-0.25, -0.2) is 0 Å². The van der Waals surface area contributed by atoms with Crippen LogP contribution >= 0.6 is 0 Å². The van der Waals surface area contributed by atoms with Crippen LogP contribution in [0, 0.1) is 34.5 Å². The van der Waals surface area contributed by atoms with Gasteiger partial charge in [0.15, 0.2) is 11.5 Å². The molecule has 1 aromatic carbocycles. The second-order valence-corrected chi connectivity index (χ2v) is 13.1. The van der Waals surface area contributed by atoms with Gasteiger partial charge in [-0.1, -0.05) is 39.3 Å². The Labute approximate surface area is 203 Å². The average molecular weight is 469 g/mol. The third-order valence-electron chi connectivity index (χ3n) is 11.8. The van der Waals surface area contributed by atoms with Gasteiger partial charge in [0.1, 0.15) is 0 Å². The summed E-state index contributed by atoms with van der Waals surface area (Å²) < 4.78 is 14.3. The molecule has 3 saturated carbocycles. The highest BCUT2D eigenvalue weighted by Crippen LogP contribution is 2.75. The zero-order valence-electron chi connectivity index (χ0n) is 21.8. The molecule has 2 N–H and O–H groups in total. The molecule has 0 aliphatic heterocycles. The zero-order valence-corrected chi connectivity index (χ0v) is 21.8. The van der Waals surface area contributed by atoms with Crippen molar-refractivity contribution in [2.24, 2.45) is 27.6 Å². The van der Waals surface area contributed by atoms with E-state index in [0.29, 0.717) is 18.8 Å². The van der Waals surface area contributed by atoms with Gasteiger partial charge in [0, 0.05) is 5.41 Å². The maximum Gasteiger partial charge on any atom is 0.307 e. The number of phenols is 2. The van der Waals surface area contributed by atoms with Gasteiger partial charge in [-0.3, -0.25) is 4.79 Å². The van der Waals surface area contributed by atoms with Crippen LogP contribution in [0.1, 0.15) is 103 Å². The van der Waals surface area contributed by atoms with Gasteiger partial charge in [0.2, 0.25) is 0 Å². The van der Waals surface area contributed by atoms with Crippen molar-refractivity contribution in [3.8, 4) is 11.5 Å². The molecule has 34 heavy (non-hydrogen) atoms. The Bertz CT molecular complexity index is 1110. The molecule has 0 saturated heterocycles. The van der Waals surface area contributed by atoms with Crippen LogP contribution in [0.3, 0.4) is 0 Å². The molecule has 0 heterocycles. The molecule has 0 amide bonds. The fourth-order valence-corrected chi connectivity index (χ4v) is 9.45. The van der Waals surface area contributed by atoms with Gasteiger partial charge in [-0.2, -0.15) is 4.39 Å². The number of allylic oxidation sites excluding steroid dienone is 2. The number of phenolic OH excluding ortho intramolecular Hbond substituents is 2. The lowest BCUT2D eigenvalue weighted by Gasteiger charge is -2.70. The van der Waals surface area contributed by atoms with Crippen LogP contribution in [0.25, 0.3) is 0 Å². The predicted octanol–water partition coefficient (Wildman–Crippen LogP) is 7.45. The van der Waals surface area contributed by atoms with Crippen molar-refractivity contribution in [2.75, 3.05) is 0 Å². The molecule has 6 atom stereocenters. The SMILES string of the molecule is CC[C@@]12CC[C@]3(C)C(=CCc4c3cc(O)c(O)c4C)[C@@]1(C)CC[C@@]1(C)CC[C@@](C)(C(=O)F)C[C@H]12. The molecule has 1 aromatic rings. The number of hydrogen-bond donors (Lipinski definition) is 2. The lowest BCUT2D eigenvalue weighted by molar-refractivity contribution is -0.179. The first-order chi connectivity index (χ1) is 15.8. The summed E-state index contributed by atoms with van der Waals surface area (Å²) in [6.07, 6.45) is 10.6. The number of hydrogen-bond acceptors (Lipinski definition) is 3. The molecule has 3 nitrogen and oxygen atoms in total. The second-order valence-electron chi connectivity index (χ2n) is 13.1. The smallest absolute Gasteiger partial charge is 0.307 e. The molecule has 186 valence electrons. The van der Waals surface area contributed by atoms with Crippen molar-refractivity contribution >= 4 is 6.04 Å². The molecule has 4 aliphatic carbocycles. The summed E-state index contributed by atoms with van der Waals surface area (Å²) in [5, 5.41) is 20.9. The normalized spacial score (nSPS) is 43.1. The molecule has 0 aromatic heterocycles. The van der Waals surface area contributed by atoms with Gasteiger partial charge in [0.05, 0.1) is 5.41 Å². The van der Waals surface area contributed by atoms with E-state index in [1.54, 1.807) is 6.07 Å². The van der Waals surface area contributed by atoms with E-state index in [2.05, 4.69) is 33.8 Å². The number of carbonyl (C=O) groups excluding carboxylic acids is 1. The topological polar surface area (TPSA) is 57.5 Å². The van der Waals surface area contributed by atoms with Gasteiger partial charge in [-0.15, -0.1) is 0 Å². The average Bonchev–Trinajstić information content (AvgIpc) is 2.79. The lowest BCUT2D eigenvalue weighted by atomic mass is 9.33. The highest BCUT2D eigenvalue weighted by Gasteiger charge is 2.68. The first-order valence-corrected chi connectivity index (χ1v) is 13.2. The van der Waals surface area contributed by atoms with Crippen LogP contribution in [0.2, 0.25) is 0 Å². The minimum absolute atomic E-state index is 0.00469. The summed E-state index contributed by atoms with van der Waals surface area (Å²) in [5.74, 6) is 0.274. The Hall–Kier alpha value is -1.84. The highest BCUT2D eigenvalue weighted by atomic mass is 19.1. The van der Waals surface area contributed by atoms with E-state index in [-0.39, 0.29) is 33.2 Å². The molecule has 4 aliphatic rings. The van der Waals surface area contributed by atoms with Crippen molar-refractivity contribution in [3.05, 3.63) is 34.4 Å². The van der Waals surface area contributed by atoms with Crippen LogP contribution in [-0.4, -0.2) is 16.3 Å². The molecule has 0 unspecified atom stereocenters.